The Morgan fingerprint density at radius 3 is 2.12 bits per heavy atom. The monoisotopic (exact) mass is 224 g/mol. The molecule has 0 bridgehead atoms. The lowest BCUT2D eigenvalue weighted by Gasteiger charge is -2.42. The van der Waals surface area contributed by atoms with Gasteiger partial charge in [-0.05, 0) is 39.5 Å². The van der Waals surface area contributed by atoms with Crippen LogP contribution in [0.5, 0.6) is 0 Å². The Balaban J connectivity index is 1.77. The van der Waals surface area contributed by atoms with Crippen LogP contribution in [-0.4, -0.2) is 47.4 Å². The van der Waals surface area contributed by atoms with Crippen molar-refractivity contribution in [3.05, 3.63) is 0 Å². The number of rotatable bonds is 2. The normalized spacial score (nSPS) is 23.6. The van der Waals surface area contributed by atoms with Crippen LogP contribution < -0.4 is 0 Å². The first-order chi connectivity index (χ1) is 7.47. The summed E-state index contributed by atoms with van der Waals surface area (Å²) in [5.74, 6) is 1.10. The Morgan fingerprint density at radius 1 is 1.12 bits per heavy atom. The van der Waals surface area contributed by atoms with Gasteiger partial charge < -0.3 is 4.90 Å². The van der Waals surface area contributed by atoms with Crippen LogP contribution >= 0.6 is 0 Å². The third-order valence-corrected chi connectivity index (χ3v) is 3.74. The van der Waals surface area contributed by atoms with Crippen molar-refractivity contribution in [2.45, 2.75) is 45.6 Å². The summed E-state index contributed by atoms with van der Waals surface area (Å²) in [6.45, 7) is 10.6. The molecule has 92 valence electrons. The lowest BCUT2D eigenvalue weighted by atomic mass is 10.0. The fraction of sp³-hybridized carbons (Fsp3) is 0.923. The van der Waals surface area contributed by atoms with E-state index in [9.17, 15) is 4.79 Å². The molecule has 1 saturated carbocycles. The summed E-state index contributed by atoms with van der Waals surface area (Å²) in [6.07, 6.45) is 3.34. The summed E-state index contributed by atoms with van der Waals surface area (Å²) >= 11 is 0. The molecule has 0 radical (unpaired) electrons. The zero-order chi connectivity index (χ0) is 11.8. The maximum Gasteiger partial charge on any atom is 0.222 e. The zero-order valence-electron chi connectivity index (χ0n) is 10.8. The molecule has 1 heterocycles. The molecular weight excluding hydrogens is 200 g/mol. The third kappa shape index (κ3) is 2.97. The summed E-state index contributed by atoms with van der Waals surface area (Å²) in [4.78, 5) is 16.4. The average Bonchev–Trinajstić information content (AvgIpc) is 3.00. The van der Waals surface area contributed by atoms with Crippen molar-refractivity contribution in [1.29, 1.82) is 0 Å². The van der Waals surface area contributed by atoms with E-state index in [0.717, 1.165) is 32.6 Å². The van der Waals surface area contributed by atoms with E-state index in [2.05, 4.69) is 30.6 Å². The van der Waals surface area contributed by atoms with E-state index in [0.29, 0.717) is 11.8 Å². The summed E-state index contributed by atoms with van der Waals surface area (Å²) in [6, 6.07) is 0. The molecular formula is C13H24N2O. The molecule has 2 fully saturated rings. The van der Waals surface area contributed by atoms with Crippen molar-refractivity contribution in [3.8, 4) is 0 Å². The van der Waals surface area contributed by atoms with E-state index in [1.165, 1.54) is 12.8 Å². The van der Waals surface area contributed by atoms with Gasteiger partial charge in [-0.15, -0.1) is 0 Å². The highest BCUT2D eigenvalue weighted by molar-refractivity contribution is 5.76. The Hall–Kier alpha value is -0.570. The van der Waals surface area contributed by atoms with E-state index in [1.807, 2.05) is 0 Å². The zero-order valence-corrected chi connectivity index (χ0v) is 10.8. The van der Waals surface area contributed by atoms with Gasteiger partial charge in [-0.2, -0.15) is 0 Å². The highest BCUT2D eigenvalue weighted by Crippen LogP contribution is 2.33. The first kappa shape index (κ1) is 11.9. The number of carbonyl (C=O) groups is 1. The van der Waals surface area contributed by atoms with Gasteiger partial charge in [0, 0.05) is 38.1 Å². The summed E-state index contributed by atoms with van der Waals surface area (Å²) in [7, 11) is 0. The van der Waals surface area contributed by atoms with E-state index in [1.54, 1.807) is 0 Å². The highest BCUT2D eigenvalue weighted by atomic mass is 16.2. The van der Waals surface area contributed by atoms with E-state index in [-0.39, 0.29) is 5.54 Å². The number of hydrogen-bond donors (Lipinski definition) is 0. The van der Waals surface area contributed by atoms with Crippen LogP contribution in [-0.2, 0) is 4.79 Å². The Bertz CT molecular complexity index is 258. The van der Waals surface area contributed by atoms with Crippen molar-refractivity contribution >= 4 is 5.91 Å². The van der Waals surface area contributed by atoms with Crippen molar-refractivity contribution in [3.63, 3.8) is 0 Å². The molecule has 2 aliphatic rings. The van der Waals surface area contributed by atoms with Crippen molar-refractivity contribution in [1.82, 2.24) is 9.80 Å². The molecule has 1 aliphatic carbocycles. The minimum absolute atomic E-state index is 0.242. The second-order valence-corrected chi connectivity index (χ2v) is 6.19. The molecule has 2 rings (SSSR count). The van der Waals surface area contributed by atoms with Crippen LogP contribution in [0.3, 0.4) is 0 Å². The first-order valence-electron chi connectivity index (χ1n) is 6.49. The molecule has 3 nitrogen and oxygen atoms in total. The van der Waals surface area contributed by atoms with E-state index >= 15 is 0 Å². The fourth-order valence-corrected chi connectivity index (χ4v) is 2.32. The first-order valence-corrected chi connectivity index (χ1v) is 6.49. The largest absolute Gasteiger partial charge is 0.340 e. The Kier molecular flexibility index (Phi) is 3.24. The van der Waals surface area contributed by atoms with Crippen LogP contribution in [0.15, 0.2) is 0 Å². The predicted octanol–water partition coefficient (Wildman–Crippen LogP) is 1.73. The molecule has 16 heavy (non-hydrogen) atoms. The topological polar surface area (TPSA) is 23.6 Å². The number of amides is 1. The molecule has 0 aromatic carbocycles. The minimum Gasteiger partial charge on any atom is -0.340 e. The third-order valence-electron chi connectivity index (χ3n) is 3.74. The molecule has 1 aliphatic heterocycles. The highest BCUT2D eigenvalue weighted by Gasteiger charge is 2.30. The standard InChI is InChI=1S/C13H24N2O/c1-13(2,3)15-8-6-14(7-9-15)12(16)10-11-4-5-11/h11H,4-10H2,1-3H3. The SMILES string of the molecule is CC(C)(C)N1CCN(C(=O)CC2CC2)CC1. The van der Waals surface area contributed by atoms with Crippen LogP contribution in [0.4, 0.5) is 0 Å². The van der Waals surface area contributed by atoms with Gasteiger partial charge in [0.05, 0.1) is 0 Å². The maximum absolute atomic E-state index is 11.9. The van der Waals surface area contributed by atoms with Crippen molar-refractivity contribution in [2.75, 3.05) is 26.2 Å². The van der Waals surface area contributed by atoms with Crippen molar-refractivity contribution in [2.24, 2.45) is 5.92 Å². The van der Waals surface area contributed by atoms with Crippen LogP contribution in [0, 0.1) is 5.92 Å². The second kappa shape index (κ2) is 4.36. The lowest BCUT2D eigenvalue weighted by molar-refractivity contribution is -0.134. The Labute approximate surface area is 98.8 Å². The molecule has 1 saturated heterocycles. The van der Waals surface area contributed by atoms with E-state index < -0.39 is 0 Å². The molecule has 0 spiro atoms. The predicted molar refractivity (Wildman–Crippen MR) is 65.2 cm³/mol. The smallest absolute Gasteiger partial charge is 0.222 e. The van der Waals surface area contributed by atoms with Gasteiger partial charge in [0.25, 0.3) is 0 Å². The van der Waals surface area contributed by atoms with Gasteiger partial charge in [-0.1, -0.05) is 0 Å². The van der Waals surface area contributed by atoms with Gasteiger partial charge in [0.1, 0.15) is 0 Å². The second-order valence-electron chi connectivity index (χ2n) is 6.19. The molecule has 0 unspecified atom stereocenters. The number of piperazine rings is 1. The molecule has 0 aromatic rings. The Morgan fingerprint density at radius 2 is 1.69 bits per heavy atom. The summed E-state index contributed by atoms with van der Waals surface area (Å²) in [5, 5.41) is 0. The molecule has 0 aromatic heterocycles. The quantitative estimate of drug-likeness (QED) is 0.713. The van der Waals surface area contributed by atoms with Crippen LogP contribution in [0.25, 0.3) is 0 Å². The van der Waals surface area contributed by atoms with Gasteiger partial charge in [0.15, 0.2) is 0 Å². The maximum atomic E-state index is 11.9. The van der Waals surface area contributed by atoms with Gasteiger partial charge >= 0.3 is 0 Å². The summed E-state index contributed by atoms with van der Waals surface area (Å²) < 4.78 is 0. The average molecular weight is 224 g/mol. The molecule has 3 heteroatoms. The van der Waals surface area contributed by atoms with Crippen LogP contribution in [0.2, 0.25) is 0 Å². The molecule has 0 N–H and O–H groups in total. The van der Waals surface area contributed by atoms with Crippen LogP contribution in [0.1, 0.15) is 40.0 Å². The molecule has 0 atom stereocenters. The van der Waals surface area contributed by atoms with Gasteiger partial charge in [-0.3, -0.25) is 9.69 Å². The number of nitrogens with zero attached hydrogens (tertiary/aromatic N) is 2. The summed E-state index contributed by atoms with van der Waals surface area (Å²) in [5.41, 5.74) is 0.242. The van der Waals surface area contributed by atoms with E-state index in [4.69, 9.17) is 0 Å². The minimum atomic E-state index is 0.242. The van der Waals surface area contributed by atoms with Gasteiger partial charge in [0.2, 0.25) is 5.91 Å². The lowest BCUT2D eigenvalue weighted by Crippen LogP contribution is -2.54. The number of hydrogen-bond acceptors (Lipinski definition) is 2. The van der Waals surface area contributed by atoms with Crippen molar-refractivity contribution < 1.29 is 4.79 Å². The fourth-order valence-electron chi connectivity index (χ4n) is 2.32. The van der Waals surface area contributed by atoms with Gasteiger partial charge in [-0.25, -0.2) is 0 Å². The molecule has 1 amide bonds. The number of carbonyl (C=O) groups excluding carboxylic acids is 1.